The van der Waals surface area contributed by atoms with Crippen molar-refractivity contribution in [2.45, 2.75) is 19.8 Å². The molecule has 1 atom stereocenters. The molecule has 1 unspecified atom stereocenters. The van der Waals surface area contributed by atoms with E-state index in [-0.39, 0.29) is 0 Å². The normalized spacial score (nSPS) is 20.5. The molecule has 1 saturated carbocycles. The van der Waals surface area contributed by atoms with Crippen LogP contribution in [-0.2, 0) is 0 Å². The van der Waals surface area contributed by atoms with Gasteiger partial charge in [-0.2, -0.15) is 0 Å². The molecule has 0 radical (unpaired) electrons. The molecule has 1 aliphatic rings. The molecule has 0 amide bonds. The molecule has 1 fully saturated rings. The lowest BCUT2D eigenvalue weighted by atomic mass is 10.1. The Morgan fingerprint density at radius 3 is 2.90 bits per heavy atom. The van der Waals surface area contributed by atoms with Gasteiger partial charge in [0.15, 0.2) is 0 Å². The second-order valence-corrected chi connectivity index (χ2v) is 3.26. The zero-order chi connectivity index (χ0) is 7.40. The van der Waals surface area contributed by atoms with E-state index in [1.54, 1.807) is 0 Å². The number of nitrogens with one attached hydrogen (secondary N) is 1. The van der Waals surface area contributed by atoms with Gasteiger partial charge in [0.05, 0.1) is 0 Å². The van der Waals surface area contributed by atoms with Gasteiger partial charge in [-0.15, -0.1) is 6.58 Å². The van der Waals surface area contributed by atoms with Crippen LogP contribution >= 0.6 is 0 Å². The van der Waals surface area contributed by atoms with Crippen molar-refractivity contribution in [3.05, 3.63) is 12.7 Å². The smallest absolute Gasteiger partial charge is 0.0132 e. The van der Waals surface area contributed by atoms with Crippen molar-refractivity contribution in [3.8, 4) is 0 Å². The first-order chi connectivity index (χ1) is 4.84. The predicted molar refractivity (Wildman–Crippen MR) is 45.0 cm³/mol. The summed E-state index contributed by atoms with van der Waals surface area (Å²) in [6.45, 7) is 8.10. The summed E-state index contributed by atoms with van der Waals surface area (Å²) in [6.07, 6.45) is 4.83. The molecule has 10 heavy (non-hydrogen) atoms. The van der Waals surface area contributed by atoms with Crippen LogP contribution in [0.5, 0.6) is 0 Å². The monoisotopic (exact) mass is 139 g/mol. The summed E-state index contributed by atoms with van der Waals surface area (Å²) in [5.74, 6) is 1.90. The summed E-state index contributed by atoms with van der Waals surface area (Å²) in [5.41, 5.74) is 0. The van der Waals surface area contributed by atoms with Crippen LogP contribution < -0.4 is 5.32 Å². The maximum absolute atomic E-state index is 3.66. The Hall–Kier alpha value is -0.300. The second-order valence-electron chi connectivity index (χ2n) is 3.26. The Labute approximate surface area is 63.5 Å². The zero-order valence-electron chi connectivity index (χ0n) is 6.77. The number of hydrogen-bond acceptors (Lipinski definition) is 1. The Kier molecular flexibility index (Phi) is 2.94. The molecule has 0 spiro atoms. The molecule has 0 aliphatic heterocycles. The molecular formula is C9H17N. The highest BCUT2D eigenvalue weighted by Crippen LogP contribution is 2.35. The van der Waals surface area contributed by atoms with Gasteiger partial charge in [-0.25, -0.2) is 0 Å². The fourth-order valence-electron chi connectivity index (χ4n) is 1.24. The van der Waals surface area contributed by atoms with E-state index in [9.17, 15) is 0 Å². The second kappa shape index (κ2) is 3.77. The quantitative estimate of drug-likeness (QED) is 0.452. The summed E-state index contributed by atoms with van der Waals surface area (Å²) < 4.78 is 0. The molecule has 0 aromatic carbocycles. The Bertz CT molecular complexity index is 105. The summed E-state index contributed by atoms with van der Waals surface area (Å²) in [6, 6.07) is 0. The zero-order valence-corrected chi connectivity index (χ0v) is 6.77. The SMILES string of the molecule is C=CCNCC(C)C1CC1. The van der Waals surface area contributed by atoms with Crippen molar-refractivity contribution in [1.29, 1.82) is 0 Å². The van der Waals surface area contributed by atoms with Gasteiger partial charge in [-0.05, 0) is 31.2 Å². The van der Waals surface area contributed by atoms with Crippen molar-refractivity contribution in [2.24, 2.45) is 11.8 Å². The topological polar surface area (TPSA) is 12.0 Å². The minimum Gasteiger partial charge on any atom is -0.313 e. The maximum Gasteiger partial charge on any atom is 0.0132 e. The fourth-order valence-corrected chi connectivity index (χ4v) is 1.24. The van der Waals surface area contributed by atoms with Crippen LogP contribution in [0.3, 0.4) is 0 Å². The Balaban J connectivity index is 1.95. The van der Waals surface area contributed by atoms with Crippen LogP contribution in [0.2, 0.25) is 0 Å². The van der Waals surface area contributed by atoms with Crippen LogP contribution in [0, 0.1) is 11.8 Å². The van der Waals surface area contributed by atoms with Gasteiger partial charge in [0.25, 0.3) is 0 Å². The minimum atomic E-state index is 0.875. The van der Waals surface area contributed by atoms with Gasteiger partial charge in [-0.1, -0.05) is 13.0 Å². The van der Waals surface area contributed by atoms with Crippen LogP contribution in [0.15, 0.2) is 12.7 Å². The van der Waals surface area contributed by atoms with Crippen LogP contribution in [0.25, 0.3) is 0 Å². The van der Waals surface area contributed by atoms with Crippen LogP contribution in [0.4, 0.5) is 0 Å². The van der Waals surface area contributed by atoms with Gasteiger partial charge in [0.1, 0.15) is 0 Å². The molecule has 1 rings (SSSR count). The van der Waals surface area contributed by atoms with Gasteiger partial charge in [-0.3, -0.25) is 0 Å². The summed E-state index contributed by atoms with van der Waals surface area (Å²) in [7, 11) is 0. The molecule has 0 aromatic rings. The van der Waals surface area contributed by atoms with Gasteiger partial charge in [0.2, 0.25) is 0 Å². The van der Waals surface area contributed by atoms with Crippen molar-refractivity contribution < 1.29 is 0 Å². The lowest BCUT2D eigenvalue weighted by molar-refractivity contribution is 0.474. The molecule has 0 heterocycles. The Morgan fingerprint density at radius 1 is 1.70 bits per heavy atom. The highest BCUT2D eigenvalue weighted by molar-refractivity contribution is 4.80. The number of rotatable bonds is 5. The van der Waals surface area contributed by atoms with E-state index in [2.05, 4.69) is 18.8 Å². The van der Waals surface area contributed by atoms with Crippen molar-refractivity contribution in [2.75, 3.05) is 13.1 Å². The molecule has 1 aliphatic carbocycles. The van der Waals surface area contributed by atoms with Crippen molar-refractivity contribution >= 4 is 0 Å². The minimum absolute atomic E-state index is 0.875. The Morgan fingerprint density at radius 2 is 2.40 bits per heavy atom. The summed E-state index contributed by atoms with van der Waals surface area (Å²) in [5, 5.41) is 3.34. The molecule has 58 valence electrons. The van der Waals surface area contributed by atoms with E-state index in [4.69, 9.17) is 0 Å². The molecule has 1 heteroatoms. The third kappa shape index (κ3) is 2.53. The van der Waals surface area contributed by atoms with E-state index in [0.29, 0.717) is 0 Å². The fraction of sp³-hybridized carbons (Fsp3) is 0.778. The largest absolute Gasteiger partial charge is 0.313 e. The van der Waals surface area contributed by atoms with Gasteiger partial charge < -0.3 is 5.32 Å². The lowest BCUT2D eigenvalue weighted by Gasteiger charge is -2.08. The molecule has 1 nitrogen and oxygen atoms in total. The summed E-state index contributed by atoms with van der Waals surface area (Å²) >= 11 is 0. The highest BCUT2D eigenvalue weighted by atomic mass is 14.8. The van der Waals surface area contributed by atoms with Crippen molar-refractivity contribution in [1.82, 2.24) is 5.32 Å². The van der Waals surface area contributed by atoms with E-state index < -0.39 is 0 Å². The van der Waals surface area contributed by atoms with Crippen molar-refractivity contribution in [3.63, 3.8) is 0 Å². The van der Waals surface area contributed by atoms with E-state index in [1.807, 2.05) is 6.08 Å². The lowest BCUT2D eigenvalue weighted by Crippen LogP contribution is -2.21. The standard InChI is InChI=1S/C9H17N/c1-3-6-10-7-8(2)9-4-5-9/h3,8-10H,1,4-7H2,2H3. The average Bonchev–Trinajstić information content (AvgIpc) is 2.69. The summed E-state index contributed by atoms with van der Waals surface area (Å²) in [4.78, 5) is 0. The third-order valence-electron chi connectivity index (χ3n) is 2.18. The maximum atomic E-state index is 3.66. The number of hydrogen-bond donors (Lipinski definition) is 1. The molecule has 0 aromatic heterocycles. The molecule has 0 bridgehead atoms. The first kappa shape index (κ1) is 7.80. The van der Waals surface area contributed by atoms with E-state index in [1.165, 1.54) is 12.8 Å². The highest BCUT2D eigenvalue weighted by Gasteiger charge is 2.26. The average molecular weight is 139 g/mol. The molecule has 0 saturated heterocycles. The van der Waals surface area contributed by atoms with E-state index in [0.717, 1.165) is 24.9 Å². The van der Waals surface area contributed by atoms with Gasteiger partial charge >= 0.3 is 0 Å². The third-order valence-corrected chi connectivity index (χ3v) is 2.18. The molecular weight excluding hydrogens is 122 g/mol. The van der Waals surface area contributed by atoms with Crippen LogP contribution in [-0.4, -0.2) is 13.1 Å². The van der Waals surface area contributed by atoms with Gasteiger partial charge in [0, 0.05) is 6.54 Å². The first-order valence-corrected chi connectivity index (χ1v) is 4.16. The van der Waals surface area contributed by atoms with Crippen LogP contribution in [0.1, 0.15) is 19.8 Å². The predicted octanol–water partition coefficient (Wildman–Crippen LogP) is 1.81. The van der Waals surface area contributed by atoms with E-state index >= 15 is 0 Å². The molecule has 1 N–H and O–H groups in total. The first-order valence-electron chi connectivity index (χ1n) is 4.16.